The average Bonchev–Trinajstić information content (AvgIpc) is 3.37. The summed E-state index contributed by atoms with van der Waals surface area (Å²) in [6.07, 6.45) is -5.23. The van der Waals surface area contributed by atoms with Crippen molar-refractivity contribution in [2.24, 2.45) is 19.1 Å². The Morgan fingerprint density at radius 3 is 2.57 bits per heavy atom. The van der Waals surface area contributed by atoms with E-state index in [0.717, 1.165) is 26.5 Å². The van der Waals surface area contributed by atoms with Crippen molar-refractivity contribution >= 4 is 39.9 Å². The van der Waals surface area contributed by atoms with Crippen molar-refractivity contribution in [1.29, 1.82) is 0 Å². The van der Waals surface area contributed by atoms with E-state index in [1.54, 1.807) is 12.3 Å². The molecule has 1 aromatic carbocycles. The fourth-order valence-electron chi connectivity index (χ4n) is 3.75. The van der Waals surface area contributed by atoms with Crippen LogP contribution >= 0.6 is 22.9 Å². The summed E-state index contributed by atoms with van der Waals surface area (Å²) in [5.41, 5.74) is -0.196. The first-order valence-electron chi connectivity index (χ1n) is 10.4. The van der Waals surface area contributed by atoms with Crippen LogP contribution < -0.4 is 20.8 Å². The zero-order chi connectivity index (χ0) is 27.2. The van der Waals surface area contributed by atoms with Gasteiger partial charge in [0.05, 0.1) is 17.1 Å². The number of alkyl halides is 3. The number of fused-ring (bicyclic) bond motifs is 1. The van der Waals surface area contributed by atoms with Crippen LogP contribution in [-0.4, -0.2) is 31.1 Å². The van der Waals surface area contributed by atoms with E-state index in [9.17, 15) is 32.7 Å². The fraction of sp³-hybridized carbons (Fsp3) is 0.273. The Morgan fingerprint density at radius 2 is 1.95 bits per heavy atom. The summed E-state index contributed by atoms with van der Waals surface area (Å²) < 4.78 is 50.3. The van der Waals surface area contributed by atoms with Crippen molar-refractivity contribution in [3.63, 3.8) is 0 Å². The van der Waals surface area contributed by atoms with Gasteiger partial charge in [0.1, 0.15) is 23.6 Å². The number of aliphatic hydroxyl groups is 1. The highest BCUT2D eigenvalue weighted by Gasteiger charge is 2.32. The van der Waals surface area contributed by atoms with Crippen LogP contribution in [0.15, 0.2) is 42.6 Å². The van der Waals surface area contributed by atoms with Gasteiger partial charge in [-0.15, -0.1) is 24.5 Å². The number of hydrogen-bond acceptors (Lipinski definition) is 7. The second-order valence-corrected chi connectivity index (χ2v) is 9.11. The van der Waals surface area contributed by atoms with Gasteiger partial charge < -0.3 is 14.3 Å². The van der Waals surface area contributed by atoms with Crippen molar-refractivity contribution in [1.82, 2.24) is 13.7 Å². The van der Waals surface area contributed by atoms with Gasteiger partial charge in [0.2, 0.25) is 5.71 Å². The van der Waals surface area contributed by atoms with E-state index in [2.05, 4.69) is 9.73 Å². The van der Waals surface area contributed by atoms with Gasteiger partial charge >= 0.3 is 12.1 Å². The molecule has 0 aliphatic carbocycles. The molecule has 37 heavy (non-hydrogen) atoms. The number of carbonyl (C=O) groups is 1. The van der Waals surface area contributed by atoms with E-state index in [-0.39, 0.29) is 38.7 Å². The first-order chi connectivity index (χ1) is 17.3. The molecule has 0 bridgehead atoms. The maximum absolute atomic E-state index is 12.9. The van der Waals surface area contributed by atoms with Crippen molar-refractivity contribution in [2.75, 3.05) is 0 Å². The monoisotopic (exact) mass is 558 g/mol. The molecule has 10 nitrogen and oxygen atoms in total. The van der Waals surface area contributed by atoms with Gasteiger partial charge in [-0.2, -0.15) is 4.99 Å². The number of aromatic nitrogens is 3. The van der Waals surface area contributed by atoms with E-state index in [4.69, 9.17) is 16.0 Å². The molecule has 196 valence electrons. The largest absolute Gasteiger partial charge is 0.573 e. The van der Waals surface area contributed by atoms with Crippen LogP contribution in [0.4, 0.5) is 13.2 Å². The first kappa shape index (κ1) is 26.4. The number of nitrogens with zero attached hydrogens (tertiary/aromatic N) is 4. The molecule has 1 amide bonds. The molecule has 0 fully saturated rings. The lowest BCUT2D eigenvalue weighted by atomic mass is 10.1. The van der Waals surface area contributed by atoms with Crippen LogP contribution in [0.1, 0.15) is 11.3 Å². The van der Waals surface area contributed by atoms with Gasteiger partial charge in [0.25, 0.3) is 11.5 Å². The molecule has 0 atom stereocenters. The zero-order valence-electron chi connectivity index (χ0n) is 19.4. The third-order valence-electron chi connectivity index (χ3n) is 5.53. The summed E-state index contributed by atoms with van der Waals surface area (Å²) in [5, 5.41) is 11.2. The summed E-state index contributed by atoms with van der Waals surface area (Å²) in [5.74, 6) is -0.978. The Balaban J connectivity index is 1.71. The smallest absolute Gasteiger partial charge is 0.444 e. The summed E-state index contributed by atoms with van der Waals surface area (Å²) in [6, 6.07) is 3.57. The van der Waals surface area contributed by atoms with Gasteiger partial charge in [-0.3, -0.25) is 23.3 Å². The molecule has 0 radical (unpaired) electrons. The lowest BCUT2D eigenvalue weighted by Crippen LogP contribution is -2.36. The van der Waals surface area contributed by atoms with Crippen LogP contribution in [0, 0.1) is 6.92 Å². The molecule has 15 heteroatoms. The Labute approximate surface area is 214 Å². The zero-order valence-corrected chi connectivity index (χ0v) is 21.0. The highest BCUT2D eigenvalue weighted by molar-refractivity contribution is 7.07. The number of furan rings is 1. The SMILES string of the molecule is Cc1oc2c(c1CC(=O)/N=c1\scc(-c3ccc(OC(F)(F)F)c(Cl)c3)n1CO)c(=O)n(C)c(=O)n2C. The number of thiazole rings is 1. The Bertz CT molecular complexity index is 1730. The summed E-state index contributed by atoms with van der Waals surface area (Å²) >= 11 is 6.93. The molecule has 0 aliphatic rings. The van der Waals surface area contributed by atoms with Gasteiger partial charge in [-0.05, 0) is 25.1 Å². The predicted molar refractivity (Wildman–Crippen MR) is 127 cm³/mol. The highest BCUT2D eigenvalue weighted by Crippen LogP contribution is 2.34. The lowest BCUT2D eigenvalue weighted by Gasteiger charge is -2.12. The van der Waals surface area contributed by atoms with Gasteiger partial charge in [-0.1, -0.05) is 11.6 Å². The van der Waals surface area contributed by atoms with Crippen LogP contribution in [0.5, 0.6) is 5.75 Å². The van der Waals surface area contributed by atoms with E-state index in [0.29, 0.717) is 11.3 Å². The molecule has 4 aromatic rings. The van der Waals surface area contributed by atoms with Gasteiger partial charge in [0, 0.05) is 30.6 Å². The van der Waals surface area contributed by atoms with E-state index in [1.807, 2.05) is 0 Å². The van der Waals surface area contributed by atoms with Crippen molar-refractivity contribution in [3.05, 3.63) is 65.6 Å². The van der Waals surface area contributed by atoms with Crippen LogP contribution in [0.25, 0.3) is 22.4 Å². The molecule has 0 aliphatic heterocycles. The maximum Gasteiger partial charge on any atom is 0.573 e. The number of rotatable bonds is 5. The number of aliphatic hydroxyl groups excluding tert-OH is 1. The number of hydrogen-bond donors (Lipinski definition) is 1. The first-order valence-corrected chi connectivity index (χ1v) is 11.7. The van der Waals surface area contributed by atoms with Crippen LogP contribution in [0.2, 0.25) is 5.02 Å². The molecule has 0 unspecified atom stereocenters. The Hall–Kier alpha value is -3.62. The van der Waals surface area contributed by atoms with E-state index < -0.39 is 36.0 Å². The third kappa shape index (κ3) is 4.99. The standard InChI is InChI=1S/C22H18ClF3N4O6S/c1-10-12(17-18(33)28(2)21(34)29(3)19(17)35-10)7-16(32)27-20-30(9-31)14(8-37-20)11-4-5-15(13(23)6-11)36-22(24,25)26/h4-6,8,31H,7,9H2,1-3H3/b27-20-. The number of aryl methyl sites for hydroxylation is 2. The molecule has 0 saturated carbocycles. The van der Waals surface area contributed by atoms with Crippen LogP contribution in [0.3, 0.4) is 0 Å². The number of amides is 1. The second kappa shape index (κ2) is 9.68. The average molecular weight is 559 g/mol. The summed E-state index contributed by atoms with van der Waals surface area (Å²) in [6.45, 7) is 0.958. The number of halogens is 4. The van der Waals surface area contributed by atoms with E-state index in [1.165, 1.54) is 30.8 Å². The molecule has 4 rings (SSSR count). The third-order valence-corrected chi connectivity index (χ3v) is 6.69. The molecule has 3 aromatic heterocycles. The number of ether oxygens (including phenoxy) is 1. The van der Waals surface area contributed by atoms with E-state index >= 15 is 0 Å². The molecular weight excluding hydrogens is 541 g/mol. The molecule has 3 heterocycles. The summed E-state index contributed by atoms with van der Waals surface area (Å²) in [7, 11) is 2.75. The second-order valence-electron chi connectivity index (χ2n) is 7.87. The van der Waals surface area contributed by atoms with Gasteiger partial charge in [-0.25, -0.2) is 4.79 Å². The topological polar surface area (TPSA) is 121 Å². The minimum Gasteiger partial charge on any atom is -0.444 e. The molecular formula is C22H18ClF3N4O6S. The van der Waals surface area contributed by atoms with Crippen molar-refractivity contribution < 1.29 is 32.2 Å². The van der Waals surface area contributed by atoms with Crippen molar-refractivity contribution in [3.8, 4) is 17.0 Å². The maximum atomic E-state index is 12.9. The normalized spacial score (nSPS) is 12.5. The molecule has 0 saturated heterocycles. The molecule has 0 spiro atoms. The Kier molecular flexibility index (Phi) is 6.92. The predicted octanol–water partition coefficient (Wildman–Crippen LogP) is 2.84. The van der Waals surface area contributed by atoms with Gasteiger partial charge in [0.15, 0.2) is 4.80 Å². The minimum atomic E-state index is -4.91. The van der Waals surface area contributed by atoms with Crippen molar-refractivity contribution in [2.45, 2.75) is 26.4 Å². The van der Waals surface area contributed by atoms with Crippen LogP contribution in [-0.2, 0) is 32.0 Å². The number of carbonyl (C=O) groups excluding carboxylic acids is 1. The highest BCUT2D eigenvalue weighted by atomic mass is 35.5. The number of benzene rings is 1. The quantitative estimate of drug-likeness (QED) is 0.402. The molecule has 1 N–H and O–H groups in total. The Morgan fingerprint density at radius 1 is 1.24 bits per heavy atom. The lowest BCUT2D eigenvalue weighted by molar-refractivity contribution is -0.274. The fourth-order valence-corrected chi connectivity index (χ4v) is 4.89. The minimum absolute atomic E-state index is 0.0343. The summed E-state index contributed by atoms with van der Waals surface area (Å²) in [4.78, 5) is 41.8.